The molecule has 7 heteroatoms. The van der Waals surface area contributed by atoms with Crippen LogP contribution in [0.1, 0.15) is 46.2 Å². The van der Waals surface area contributed by atoms with Crippen LogP contribution in [0, 0.1) is 12.7 Å². The summed E-state index contributed by atoms with van der Waals surface area (Å²) in [6, 6.07) is 4.05. The zero-order chi connectivity index (χ0) is 18.7. The maximum atomic E-state index is 14.0. The quantitative estimate of drug-likeness (QED) is 0.814. The van der Waals surface area contributed by atoms with Crippen molar-refractivity contribution >= 4 is 17.5 Å². The van der Waals surface area contributed by atoms with Crippen LogP contribution in [0.15, 0.2) is 24.4 Å². The van der Waals surface area contributed by atoms with Gasteiger partial charge in [0.1, 0.15) is 11.6 Å². The number of halogens is 2. The first-order chi connectivity index (χ1) is 12.5. The van der Waals surface area contributed by atoms with Gasteiger partial charge in [-0.3, -0.25) is 4.79 Å². The van der Waals surface area contributed by atoms with Crippen molar-refractivity contribution in [2.45, 2.75) is 32.3 Å². The van der Waals surface area contributed by atoms with Gasteiger partial charge in [0, 0.05) is 42.9 Å². The van der Waals surface area contributed by atoms with Crippen LogP contribution in [0.2, 0.25) is 5.02 Å². The summed E-state index contributed by atoms with van der Waals surface area (Å²) < 4.78 is 19.2. The van der Waals surface area contributed by atoms with E-state index < -0.39 is 5.82 Å². The summed E-state index contributed by atoms with van der Waals surface area (Å²) in [6.07, 6.45) is 3.34. The van der Waals surface area contributed by atoms with Crippen LogP contribution in [0.25, 0.3) is 0 Å². The Labute approximate surface area is 157 Å². The van der Waals surface area contributed by atoms with Gasteiger partial charge in [-0.25, -0.2) is 14.4 Å². The molecule has 0 bridgehead atoms. The highest BCUT2D eigenvalue weighted by atomic mass is 35.5. The number of methoxy groups -OCH3 is 1. The Morgan fingerprint density at radius 1 is 1.38 bits per heavy atom. The third kappa shape index (κ3) is 4.02. The van der Waals surface area contributed by atoms with Gasteiger partial charge in [-0.2, -0.15) is 0 Å². The molecule has 0 saturated carbocycles. The molecule has 1 saturated heterocycles. The van der Waals surface area contributed by atoms with Gasteiger partial charge in [0.15, 0.2) is 0 Å². The van der Waals surface area contributed by atoms with Gasteiger partial charge < -0.3 is 9.64 Å². The fourth-order valence-corrected chi connectivity index (χ4v) is 3.49. The molecule has 2 heterocycles. The lowest BCUT2D eigenvalue weighted by Gasteiger charge is -2.32. The lowest BCUT2D eigenvalue weighted by atomic mass is 9.90. The molecule has 1 aromatic heterocycles. The van der Waals surface area contributed by atoms with E-state index >= 15 is 0 Å². The fraction of sp³-hybridized carbons (Fsp3) is 0.421. The van der Waals surface area contributed by atoms with Gasteiger partial charge in [-0.15, -0.1) is 0 Å². The van der Waals surface area contributed by atoms with Crippen LogP contribution in [0.5, 0.6) is 0 Å². The van der Waals surface area contributed by atoms with Crippen molar-refractivity contribution in [1.82, 2.24) is 14.9 Å². The monoisotopic (exact) mass is 377 g/mol. The van der Waals surface area contributed by atoms with Gasteiger partial charge in [0.2, 0.25) is 0 Å². The van der Waals surface area contributed by atoms with Crippen LogP contribution in [-0.4, -0.2) is 41.0 Å². The van der Waals surface area contributed by atoms with E-state index in [9.17, 15) is 9.18 Å². The molecule has 0 aliphatic carbocycles. The van der Waals surface area contributed by atoms with Crippen LogP contribution in [0.4, 0.5) is 4.39 Å². The second-order valence-electron chi connectivity index (χ2n) is 6.45. The number of carbonyl (C=O) groups excluding carboxylic acids is 1. The van der Waals surface area contributed by atoms with Gasteiger partial charge >= 0.3 is 0 Å². The van der Waals surface area contributed by atoms with Crippen molar-refractivity contribution in [3.8, 4) is 0 Å². The molecule has 0 radical (unpaired) electrons. The molecular formula is C19H21ClFN3O2. The Morgan fingerprint density at radius 2 is 2.12 bits per heavy atom. The standard InChI is InChI=1S/C19H21ClFN3O2/c1-12-22-10-14(11-26-2)18(23-12)13-5-7-24(8-6-13)19(25)16-9-15(20)3-4-17(16)21/h3-4,9-10,13H,5-8,11H2,1-2H3. The van der Waals surface area contributed by atoms with Crippen molar-refractivity contribution in [3.63, 3.8) is 0 Å². The van der Waals surface area contributed by atoms with Crippen LogP contribution in [-0.2, 0) is 11.3 Å². The summed E-state index contributed by atoms with van der Waals surface area (Å²) >= 11 is 5.90. The highest BCUT2D eigenvalue weighted by Crippen LogP contribution is 2.30. The highest BCUT2D eigenvalue weighted by molar-refractivity contribution is 6.31. The number of hydrogen-bond acceptors (Lipinski definition) is 4. The number of hydrogen-bond donors (Lipinski definition) is 0. The van der Waals surface area contributed by atoms with Gasteiger partial charge in [-0.05, 0) is 38.0 Å². The van der Waals surface area contributed by atoms with E-state index in [1.807, 2.05) is 6.92 Å². The molecule has 1 amide bonds. The number of carbonyl (C=O) groups is 1. The molecule has 138 valence electrons. The summed E-state index contributed by atoms with van der Waals surface area (Å²) in [5, 5.41) is 0.352. The number of nitrogens with zero attached hydrogens (tertiary/aromatic N) is 3. The summed E-state index contributed by atoms with van der Waals surface area (Å²) in [5.41, 5.74) is 1.98. The van der Waals surface area contributed by atoms with Gasteiger partial charge in [0.05, 0.1) is 17.9 Å². The van der Waals surface area contributed by atoms with E-state index in [-0.39, 0.29) is 17.4 Å². The molecule has 1 aromatic carbocycles. The topological polar surface area (TPSA) is 55.3 Å². The molecule has 0 unspecified atom stereocenters. The fourth-order valence-electron chi connectivity index (χ4n) is 3.32. The second kappa shape index (κ2) is 8.10. The minimum atomic E-state index is -0.546. The Balaban J connectivity index is 1.72. The first kappa shape index (κ1) is 18.7. The first-order valence-electron chi connectivity index (χ1n) is 8.55. The normalized spacial score (nSPS) is 15.3. The van der Waals surface area contributed by atoms with Gasteiger partial charge in [-0.1, -0.05) is 11.6 Å². The number of ether oxygens (including phenoxy) is 1. The molecule has 3 rings (SSSR count). The molecule has 2 aromatic rings. The summed E-state index contributed by atoms with van der Waals surface area (Å²) in [4.78, 5) is 23.1. The molecular weight excluding hydrogens is 357 g/mol. The van der Waals surface area contributed by atoms with Gasteiger partial charge in [0.25, 0.3) is 5.91 Å². The van der Waals surface area contributed by atoms with Crippen LogP contribution in [0.3, 0.4) is 0 Å². The van der Waals surface area contributed by atoms with E-state index in [0.717, 1.165) is 29.9 Å². The number of benzene rings is 1. The maximum absolute atomic E-state index is 14.0. The minimum absolute atomic E-state index is 0.0221. The van der Waals surface area contributed by atoms with E-state index in [1.54, 1.807) is 18.2 Å². The van der Waals surface area contributed by atoms with Crippen LogP contribution >= 0.6 is 11.6 Å². The van der Waals surface area contributed by atoms with E-state index in [4.69, 9.17) is 16.3 Å². The number of aromatic nitrogens is 2. The molecule has 1 aliphatic heterocycles. The van der Waals surface area contributed by atoms with Crippen molar-refractivity contribution in [1.29, 1.82) is 0 Å². The Kier molecular flexibility index (Phi) is 5.84. The van der Waals surface area contributed by atoms with E-state index in [2.05, 4.69) is 9.97 Å². The molecule has 26 heavy (non-hydrogen) atoms. The van der Waals surface area contributed by atoms with Crippen molar-refractivity contribution < 1.29 is 13.9 Å². The number of amides is 1. The summed E-state index contributed by atoms with van der Waals surface area (Å²) in [7, 11) is 1.64. The zero-order valence-electron chi connectivity index (χ0n) is 14.8. The SMILES string of the molecule is COCc1cnc(C)nc1C1CCN(C(=O)c2cc(Cl)ccc2F)CC1. The predicted octanol–water partition coefficient (Wildman–Crippen LogP) is 3.74. The van der Waals surface area contributed by atoms with Crippen molar-refractivity contribution in [3.05, 3.63) is 57.9 Å². The summed E-state index contributed by atoms with van der Waals surface area (Å²) in [6.45, 7) is 3.42. The lowest BCUT2D eigenvalue weighted by Crippen LogP contribution is -2.38. The lowest BCUT2D eigenvalue weighted by molar-refractivity contribution is 0.0706. The van der Waals surface area contributed by atoms with Crippen molar-refractivity contribution in [2.24, 2.45) is 0 Å². The Bertz CT molecular complexity index is 807. The van der Waals surface area contributed by atoms with E-state index in [0.29, 0.717) is 24.7 Å². The maximum Gasteiger partial charge on any atom is 0.256 e. The minimum Gasteiger partial charge on any atom is -0.380 e. The molecule has 1 aliphatic rings. The Hall–Kier alpha value is -2.05. The smallest absolute Gasteiger partial charge is 0.256 e. The third-order valence-electron chi connectivity index (χ3n) is 4.65. The number of likely N-dealkylation sites (tertiary alicyclic amines) is 1. The number of aryl methyl sites for hydroxylation is 1. The van der Waals surface area contributed by atoms with Crippen LogP contribution < -0.4 is 0 Å². The highest BCUT2D eigenvalue weighted by Gasteiger charge is 2.28. The van der Waals surface area contributed by atoms with E-state index in [1.165, 1.54) is 18.2 Å². The number of rotatable bonds is 4. The molecule has 0 atom stereocenters. The largest absolute Gasteiger partial charge is 0.380 e. The first-order valence-corrected chi connectivity index (χ1v) is 8.93. The third-order valence-corrected chi connectivity index (χ3v) is 4.88. The number of piperidine rings is 1. The van der Waals surface area contributed by atoms with Crippen molar-refractivity contribution in [2.75, 3.05) is 20.2 Å². The molecule has 0 spiro atoms. The second-order valence-corrected chi connectivity index (χ2v) is 6.89. The molecule has 0 N–H and O–H groups in total. The molecule has 5 nitrogen and oxygen atoms in total. The average molecular weight is 378 g/mol. The summed E-state index contributed by atoms with van der Waals surface area (Å²) in [5.74, 6) is 0.0872. The predicted molar refractivity (Wildman–Crippen MR) is 96.8 cm³/mol. The molecule has 1 fully saturated rings. The Morgan fingerprint density at radius 3 is 2.81 bits per heavy atom. The average Bonchev–Trinajstić information content (AvgIpc) is 2.65. The zero-order valence-corrected chi connectivity index (χ0v) is 15.6.